The second-order valence-electron chi connectivity index (χ2n) is 8.87. The van der Waals surface area contributed by atoms with Gasteiger partial charge < -0.3 is 9.64 Å². The molecule has 0 bridgehead atoms. The molecule has 1 aliphatic heterocycles. The van der Waals surface area contributed by atoms with Crippen LogP contribution in [0.1, 0.15) is 56.9 Å². The lowest BCUT2D eigenvalue weighted by molar-refractivity contribution is 0.144. The van der Waals surface area contributed by atoms with Gasteiger partial charge in [0.05, 0.1) is 37.2 Å². The molecule has 0 saturated heterocycles. The SMILES string of the molecule is CCCCOC(=O)n1c(-c2cnn(Cc3cccc(C)c3)c2)nc2c1CN(CCC)C(=O)N2CC. The van der Waals surface area contributed by atoms with Gasteiger partial charge in [-0.1, -0.05) is 50.1 Å². The molecule has 0 N–H and O–H groups in total. The maximum absolute atomic E-state index is 13.3. The van der Waals surface area contributed by atoms with Gasteiger partial charge in [-0.2, -0.15) is 5.10 Å². The van der Waals surface area contributed by atoms with Gasteiger partial charge in [-0.15, -0.1) is 0 Å². The van der Waals surface area contributed by atoms with Crippen molar-refractivity contribution < 1.29 is 14.3 Å². The van der Waals surface area contributed by atoms with Gasteiger partial charge in [-0.05, 0) is 32.3 Å². The third kappa shape index (κ3) is 5.08. The summed E-state index contributed by atoms with van der Waals surface area (Å²) in [6.07, 6.45) is 5.65. The summed E-state index contributed by atoms with van der Waals surface area (Å²) < 4.78 is 8.95. The number of hydrogen-bond acceptors (Lipinski definition) is 5. The van der Waals surface area contributed by atoms with Gasteiger partial charge >= 0.3 is 12.1 Å². The Kier molecular flexibility index (Phi) is 7.53. The third-order valence-corrected chi connectivity index (χ3v) is 6.08. The molecule has 0 fully saturated rings. The highest BCUT2D eigenvalue weighted by Crippen LogP contribution is 2.33. The first kappa shape index (κ1) is 24.5. The zero-order chi connectivity index (χ0) is 24.9. The summed E-state index contributed by atoms with van der Waals surface area (Å²) in [6.45, 7) is 10.4. The summed E-state index contributed by atoms with van der Waals surface area (Å²) in [5.41, 5.74) is 3.70. The molecular formula is C26H34N6O3. The van der Waals surface area contributed by atoms with Gasteiger partial charge in [-0.3, -0.25) is 9.58 Å². The fraction of sp³-hybridized carbons (Fsp3) is 0.462. The van der Waals surface area contributed by atoms with Crippen LogP contribution in [0.15, 0.2) is 36.7 Å². The molecule has 9 nitrogen and oxygen atoms in total. The average molecular weight is 479 g/mol. The maximum atomic E-state index is 13.3. The van der Waals surface area contributed by atoms with E-state index in [9.17, 15) is 9.59 Å². The quantitative estimate of drug-likeness (QED) is 0.401. The van der Waals surface area contributed by atoms with Crippen LogP contribution in [-0.4, -0.2) is 56.1 Å². The number of fused-ring (bicyclic) bond motifs is 1. The van der Waals surface area contributed by atoms with Crippen molar-refractivity contribution in [3.05, 3.63) is 53.5 Å². The highest BCUT2D eigenvalue weighted by molar-refractivity contribution is 5.95. The highest BCUT2D eigenvalue weighted by atomic mass is 16.5. The molecule has 0 saturated carbocycles. The molecule has 1 aliphatic rings. The summed E-state index contributed by atoms with van der Waals surface area (Å²) in [5, 5.41) is 4.52. The minimum Gasteiger partial charge on any atom is -0.449 e. The molecule has 186 valence electrons. The van der Waals surface area contributed by atoms with E-state index in [2.05, 4.69) is 30.2 Å². The van der Waals surface area contributed by atoms with Crippen molar-refractivity contribution >= 4 is 17.9 Å². The number of ether oxygens (including phenoxy) is 1. The molecule has 0 unspecified atom stereocenters. The topological polar surface area (TPSA) is 85.5 Å². The van der Waals surface area contributed by atoms with Gasteiger partial charge in [0.25, 0.3) is 0 Å². The summed E-state index contributed by atoms with van der Waals surface area (Å²) >= 11 is 0. The van der Waals surface area contributed by atoms with E-state index in [1.807, 2.05) is 37.7 Å². The van der Waals surface area contributed by atoms with E-state index < -0.39 is 6.09 Å². The van der Waals surface area contributed by atoms with Crippen LogP contribution >= 0.6 is 0 Å². The normalized spacial score (nSPS) is 13.3. The number of imidazole rings is 1. The summed E-state index contributed by atoms with van der Waals surface area (Å²) in [7, 11) is 0. The molecule has 0 aliphatic carbocycles. The number of rotatable bonds is 9. The van der Waals surface area contributed by atoms with Crippen LogP contribution in [0, 0.1) is 6.92 Å². The number of carbonyl (C=O) groups is 2. The lowest BCUT2D eigenvalue weighted by Gasteiger charge is -2.34. The van der Waals surface area contributed by atoms with Crippen molar-refractivity contribution in [3.63, 3.8) is 0 Å². The Bertz CT molecular complexity index is 1200. The Labute approximate surface area is 206 Å². The molecule has 9 heteroatoms. The minimum absolute atomic E-state index is 0.0902. The van der Waals surface area contributed by atoms with Crippen LogP contribution in [0.3, 0.4) is 0 Å². The molecule has 2 aromatic heterocycles. The smallest absolute Gasteiger partial charge is 0.420 e. The Morgan fingerprint density at radius 2 is 2.00 bits per heavy atom. The van der Waals surface area contributed by atoms with Crippen molar-refractivity contribution in [2.24, 2.45) is 0 Å². The van der Waals surface area contributed by atoms with E-state index >= 15 is 0 Å². The summed E-state index contributed by atoms with van der Waals surface area (Å²) in [5.74, 6) is 0.954. The standard InChI is InChI=1S/C26H34N6O3/c1-5-8-13-35-26(34)32-22-18-29(12-6-2)25(33)31(7-3)24(22)28-23(32)21-15-27-30(17-21)16-20-11-9-10-19(4)14-20/h9-11,14-15,17H,5-8,12-13,16,18H2,1-4H3. The van der Waals surface area contributed by atoms with Crippen LogP contribution in [0.25, 0.3) is 11.4 Å². The Balaban J connectivity index is 1.74. The van der Waals surface area contributed by atoms with Crippen LogP contribution in [-0.2, 0) is 17.8 Å². The lowest BCUT2D eigenvalue weighted by Crippen LogP contribution is -2.48. The zero-order valence-electron chi connectivity index (χ0n) is 21.0. The molecule has 35 heavy (non-hydrogen) atoms. The first-order chi connectivity index (χ1) is 17.0. The maximum Gasteiger partial charge on any atom is 0.420 e. The Hall–Kier alpha value is -3.62. The van der Waals surface area contributed by atoms with Gasteiger partial charge in [0.2, 0.25) is 0 Å². The van der Waals surface area contributed by atoms with E-state index in [0.29, 0.717) is 55.7 Å². The monoisotopic (exact) mass is 478 g/mol. The van der Waals surface area contributed by atoms with Crippen LogP contribution in [0.5, 0.6) is 0 Å². The third-order valence-electron chi connectivity index (χ3n) is 6.08. The molecule has 1 aromatic carbocycles. The van der Waals surface area contributed by atoms with Crippen LogP contribution in [0.4, 0.5) is 15.4 Å². The van der Waals surface area contributed by atoms with Crippen molar-refractivity contribution in [2.45, 2.75) is 60.0 Å². The predicted molar refractivity (Wildman–Crippen MR) is 134 cm³/mol. The van der Waals surface area contributed by atoms with E-state index in [0.717, 1.165) is 24.8 Å². The molecule has 3 heterocycles. The number of urea groups is 1. The Morgan fingerprint density at radius 3 is 2.71 bits per heavy atom. The van der Waals surface area contributed by atoms with Crippen molar-refractivity contribution in [3.8, 4) is 11.4 Å². The fourth-order valence-electron chi connectivity index (χ4n) is 4.36. The van der Waals surface area contributed by atoms with Gasteiger partial charge in [0, 0.05) is 19.3 Å². The number of carbonyl (C=O) groups excluding carboxylic acids is 2. The van der Waals surface area contributed by atoms with Gasteiger partial charge in [0.15, 0.2) is 11.6 Å². The van der Waals surface area contributed by atoms with E-state index in [4.69, 9.17) is 9.72 Å². The summed E-state index contributed by atoms with van der Waals surface area (Å²) in [4.78, 5) is 34.5. The molecular weight excluding hydrogens is 444 g/mol. The zero-order valence-corrected chi connectivity index (χ0v) is 21.0. The van der Waals surface area contributed by atoms with Crippen molar-refractivity contribution in [1.82, 2.24) is 24.2 Å². The largest absolute Gasteiger partial charge is 0.449 e. The van der Waals surface area contributed by atoms with E-state index in [-0.39, 0.29) is 6.03 Å². The second kappa shape index (κ2) is 10.8. The van der Waals surface area contributed by atoms with Gasteiger partial charge in [0.1, 0.15) is 0 Å². The number of nitrogens with zero attached hydrogens (tertiary/aromatic N) is 6. The predicted octanol–water partition coefficient (Wildman–Crippen LogP) is 5.06. The number of hydrogen-bond donors (Lipinski definition) is 0. The summed E-state index contributed by atoms with van der Waals surface area (Å²) in [6, 6.07) is 8.19. The molecule has 4 rings (SSSR count). The highest BCUT2D eigenvalue weighted by Gasteiger charge is 2.36. The fourth-order valence-corrected chi connectivity index (χ4v) is 4.36. The molecule has 0 spiro atoms. The first-order valence-corrected chi connectivity index (χ1v) is 12.4. The molecule has 0 radical (unpaired) electrons. The molecule has 0 atom stereocenters. The van der Waals surface area contributed by atoms with Crippen LogP contribution in [0.2, 0.25) is 0 Å². The number of aryl methyl sites for hydroxylation is 1. The van der Waals surface area contributed by atoms with Crippen molar-refractivity contribution in [2.75, 3.05) is 24.6 Å². The first-order valence-electron chi connectivity index (χ1n) is 12.4. The van der Waals surface area contributed by atoms with Crippen molar-refractivity contribution in [1.29, 1.82) is 0 Å². The van der Waals surface area contributed by atoms with E-state index in [1.165, 1.54) is 10.1 Å². The lowest BCUT2D eigenvalue weighted by atomic mass is 10.1. The van der Waals surface area contributed by atoms with Crippen LogP contribution < -0.4 is 4.90 Å². The number of unbranched alkanes of at least 4 members (excludes halogenated alkanes) is 1. The average Bonchev–Trinajstić information content (AvgIpc) is 3.44. The van der Waals surface area contributed by atoms with Gasteiger partial charge in [-0.25, -0.2) is 19.1 Å². The minimum atomic E-state index is -0.476. The van der Waals surface area contributed by atoms with E-state index in [1.54, 1.807) is 16.0 Å². The number of aromatic nitrogens is 4. The Morgan fingerprint density at radius 1 is 1.17 bits per heavy atom. The molecule has 2 amide bonds. The molecule has 3 aromatic rings. The number of benzene rings is 1. The number of amides is 2. The second-order valence-corrected chi connectivity index (χ2v) is 8.87. The number of anilines is 1.